The number of rotatable bonds is 8. The first kappa shape index (κ1) is 62.2. The monoisotopic (exact) mass is 1340 g/mol. The predicted molar refractivity (Wildman–Crippen MR) is 411 cm³/mol. The molecule has 94 heavy (non-hydrogen) atoms. The molecule has 2 saturated carbocycles. The topological polar surface area (TPSA) is 0 Å². The molecule has 2 fully saturated rings. The minimum absolute atomic E-state index is 0.796. The summed E-state index contributed by atoms with van der Waals surface area (Å²) in [5.41, 5.74) is 13.8. The Bertz CT molecular complexity index is 4560. The third-order valence-electron chi connectivity index (χ3n) is 20.6. The maximum absolute atomic E-state index is 4.93. The van der Waals surface area contributed by atoms with Crippen LogP contribution in [0.25, 0.3) is 152 Å². The second-order valence-electron chi connectivity index (χ2n) is 26.5. The van der Waals surface area contributed by atoms with Gasteiger partial charge in [-0.3, -0.25) is 0 Å². The molecule has 0 spiro atoms. The summed E-state index contributed by atoms with van der Waals surface area (Å²) in [4.78, 5) is 0. The molecular weight excluding hydrogens is 1270 g/mol. The standard InChI is InChI=1S/2C44H35.C2H6Si.2ClH.Zr/c2*1-2-12-29(13-3-1)24-30-25-41-39(43-35-18-8-4-14-31(35)27-32-15-5-9-19-36(32)43)22-23-40(42(41)26-30)44-37-20-10-6-16-33(37)28-34-17-7-11-21-38(34)44;1-3-2;;;/h2*4-11,14-23,25-29H,1-3,12-13,24H2;1-2H3;2*1H;/q2*-1;;;;+4/p-2. The zero-order valence-electron chi connectivity index (χ0n) is 53.8. The van der Waals surface area contributed by atoms with Crippen LogP contribution < -0.4 is 0 Å². The number of hydrogen-bond donors (Lipinski definition) is 0. The van der Waals surface area contributed by atoms with Crippen LogP contribution in [0.3, 0.4) is 0 Å². The van der Waals surface area contributed by atoms with Crippen molar-refractivity contribution in [2.75, 3.05) is 0 Å². The Hall–Kier alpha value is -7.94. The maximum atomic E-state index is 4.93. The smallest absolute Gasteiger partial charge is 0.0107 e. The third kappa shape index (κ3) is 12.2. The van der Waals surface area contributed by atoms with E-state index in [1.165, 1.54) is 240 Å². The van der Waals surface area contributed by atoms with Crippen molar-refractivity contribution < 1.29 is 20.8 Å². The van der Waals surface area contributed by atoms with Gasteiger partial charge in [-0.2, -0.15) is 12.1 Å². The Morgan fingerprint density at radius 1 is 0.298 bits per heavy atom. The summed E-state index contributed by atoms with van der Waals surface area (Å²) < 4.78 is 0. The zero-order valence-corrected chi connectivity index (χ0v) is 58.8. The van der Waals surface area contributed by atoms with Crippen molar-refractivity contribution in [1.29, 1.82) is 0 Å². The molecule has 0 bridgehead atoms. The molecule has 0 aliphatic heterocycles. The van der Waals surface area contributed by atoms with Crippen LogP contribution in [-0.4, -0.2) is 9.52 Å². The molecule has 0 nitrogen and oxygen atoms in total. The number of hydrogen-bond acceptors (Lipinski definition) is 0. The van der Waals surface area contributed by atoms with E-state index in [1.807, 2.05) is 0 Å². The summed E-state index contributed by atoms with van der Waals surface area (Å²) in [6.07, 6.45) is 16.1. The van der Waals surface area contributed by atoms with Gasteiger partial charge in [-0.25, -0.2) is 0 Å². The maximum Gasteiger partial charge on any atom is -0.0107 e. The van der Waals surface area contributed by atoms with E-state index in [0.717, 1.165) is 21.4 Å². The van der Waals surface area contributed by atoms with E-state index in [4.69, 9.17) is 17.0 Å². The average molecular weight is 1350 g/mol. The van der Waals surface area contributed by atoms with Crippen molar-refractivity contribution in [3.8, 4) is 44.5 Å². The van der Waals surface area contributed by atoms with Gasteiger partial charge in [-0.15, -0.1) is 44.8 Å². The Balaban J connectivity index is 0.000000143. The van der Waals surface area contributed by atoms with Gasteiger partial charge in [0.05, 0.1) is 0 Å². The molecule has 16 aromatic carbocycles. The number of benzene rings is 14. The van der Waals surface area contributed by atoms with Crippen LogP contribution in [0.5, 0.6) is 0 Å². The third-order valence-corrected chi connectivity index (χ3v) is 20.6. The number of fused-ring (bicyclic) bond motifs is 10. The van der Waals surface area contributed by atoms with Crippen LogP contribution in [0.4, 0.5) is 0 Å². The van der Waals surface area contributed by atoms with E-state index in [9.17, 15) is 0 Å². The molecule has 2 aliphatic carbocycles. The molecule has 4 heteroatoms. The molecule has 0 amide bonds. The SMILES string of the molecule is C[Si]C.[Cl][Zr+2][Cl].c1ccc2c(-c3ccc(-c4c5ccccc5cc5ccccc45)c4[cH-]c(CC5CCCCC5)cc34)c3ccccc3cc2c1.c1ccc2c(-c3ccc(-c4c5ccccc5cc5ccccc45)c4[cH-]c(CC5CCCCC5)cc34)c3ccccc3cc2c1. The molecule has 18 rings (SSSR count). The summed E-state index contributed by atoms with van der Waals surface area (Å²) in [6.45, 7) is 4.31. The summed E-state index contributed by atoms with van der Waals surface area (Å²) in [7, 11) is 11.0. The van der Waals surface area contributed by atoms with Crippen LogP contribution in [-0.2, 0) is 33.7 Å². The predicted octanol–water partition coefficient (Wildman–Crippen LogP) is 27.4. The molecule has 0 heterocycles. The summed E-state index contributed by atoms with van der Waals surface area (Å²) in [5, 5.41) is 26.5. The first-order valence-electron chi connectivity index (χ1n) is 34.1. The van der Waals surface area contributed by atoms with Crippen LogP contribution >= 0.6 is 17.0 Å². The molecular formula is C90H76Cl2SiZr. The van der Waals surface area contributed by atoms with Gasteiger partial charge < -0.3 is 0 Å². The quantitative estimate of drug-likeness (QED) is 0.0808. The first-order valence-corrected chi connectivity index (χ1v) is 42.4. The van der Waals surface area contributed by atoms with Crippen LogP contribution in [0.1, 0.15) is 75.3 Å². The van der Waals surface area contributed by atoms with Gasteiger partial charge in [-0.1, -0.05) is 318 Å². The minimum atomic E-state index is -0.826. The minimum Gasteiger partial charge on any atom is -0.164 e. The summed E-state index contributed by atoms with van der Waals surface area (Å²) in [6, 6.07) is 101. The fraction of sp³-hybridized carbons (Fsp3) is 0.178. The molecule has 0 saturated heterocycles. The van der Waals surface area contributed by atoms with E-state index in [1.54, 1.807) is 0 Å². The van der Waals surface area contributed by atoms with Crippen molar-refractivity contribution in [1.82, 2.24) is 0 Å². The van der Waals surface area contributed by atoms with Gasteiger partial charge in [0.25, 0.3) is 0 Å². The largest absolute Gasteiger partial charge is 0.164 e. The molecule has 0 unspecified atom stereocenters. The summed E-state index contributed by atoms with van der Waals surface area (Å²) in [5.74, 6) is 1.59. The Morgan fingerprint density at radius 2 is 0.511 bits per heavy atom. The molecule has 0 N–H and O–H groups in total. The van der Waals surface area contributed by atoms with Crippen LogP contribution in [0.2, 0.25) is 13.1 Å². The van der Waals surface area contributed by atoms with Crippen molar-refractivity contribution in [3.63, 3.8) is 0 Å². The van der Waals surface area contributed by atoms with Crippen LogP contribution in [0.15, 0.2) is 267 Å². The average Bonchev–Trinajstić information content (AvgIpc) is 1.36. The van der Waals surface area contributed by atoms with Gasteiger partial charge in [0.1, 0.15) is 0 Å². The molecule has 2 aliphatic rings. The van der Waals surface area contributed by atoms with Crippen molar-refractivity contribution in [3.05, 3.63) is 278 Å². The Morgan fingerprint density at radius 3 is 0.755 bits per heavy atom. The van der Waals surface area contributed by atoms with Crippen molar-refractivity contribution in [2.45, 2.75) is 90.1 Å². The first-order chi connectivity index (χ1) is 46.5. The molecule has 0 atom stereocenters. The van der Waals surface area contributed by atoms with Crippen molar-refractivity contribution >= 4 is 134 Å². The molecule has 458 valence electrons. The van der Waals surface area contributed by atoms with Gasteiger partial charge in [0.2, 0.25) is 0 Å². The molecule has 2 radical (unpaired) electrons. The van der Waals surface area contributed by atoms with E-state index < -0.39 is 20.8 Å². The Kier molecular flexibility index (Phi) is 18.6. The second kappa shape index (κ2) is 28.2. The fourth-order valence-corrected chi connectivity index (χ4v) is 16.5. The van der Waals surface area contributed by atoms with Gasteiger partial charge in [0, 0.05) is 9.52 Å². The molecule has 16 aromatic rings. The molecule has 0 aromatic heterocycles. The van der Waals surface area contributed by atoms with E-state index in [0.29, 0.717) is 0 Å². The van der Waals surface area contributed by atoms with Crippen molar-refractivity contribution in [2.24, 2.45) is 11.8 Å². The van der Waals surface area contributed by atoms with E-state index in [2.05, 4.69) is 280 Å². The second-order valence-corrected chi connectivity index (χ2v) is 31.2. The normalized spacial score (nSPS) is 13.7. The van der Waals surface area contributed by atoms with Gasteiger partial charge in [0.15, 0.2) is 0 Å². The van der Waals surface area contributed by atoms with Crippen LogP contribution in [0, 0.1) is 11.8 Å². The van der Waals surface area contributed by atoms with Gasteiger partial charge in [-0.05, 0) is 157 Å². The van der Waals surface area contributed by atoms with E-state index in [-0.39, 0.29) is 0 Å². The number of halogens is 2. The summed E-state index contributed by atoms with van der Waals surface area (Å²) >= 11 is -0.826. The van der Waals surface area contributed by atoms with E-state index >= 15 is 0 Å². The Labute approximate surface area is 574 Å². The van der Waals surface area contributed by atoms with Gasteiger partial charge >= 0.3 is 37.9 Å². The zero-order chi connectivity index (χ0) is 63.5. The fourth-order valence-electron chi connectivity index (χ4n) is 16.5.